The Morgan fingerprint density at radius 2 is 1.35 bits per heavy atom. The van der Waals surface area contributed by atoms with Crippen LogP contribution < -0.4 is 15.4 Å². The number of amides is 2. The van der Waals surface area contributed by atoms with Crippen LogP contribution in [-0.2, 0) is 11.2 Å². The molecule has 0 radical (unpaired) electrons. The highest BCUT2D eigenvalue weighted by atomic mass is 16.5. The maximum absolute atomic E-state index is 12.7. The first kappa shape index (κ1) is 22.8. The normalized spacial score (nSPS) is 10.4. The van der Waals surface area contributed by atoms with Gasteiger partial charge >= 0.3 is 0 Å². The maximum Gasteiger partial charge on any atom is 0.262 e. The van der Waals surface area contributed by atoms with Crippen molar-refractivity contribution >= 4 is 17.5 Å². The Hall–Kier alpha value is -4.38. The van der Waals surface area contributed by atoms with E-state index in [2.05, 4.69) is 10.6 Å². The molecule has 170 valence electrons. The van der Waals surface area contributed by atoms with Crippen molar-refractivity contribution in [3.05, 3.63) is 120 Å². The Morgan fingerprint density at radius 3 is 2.15 bits per heavy atom. The number of hydrogen-bond acceptors (Lipinski definition) is 3. The zero-order valence-corrected chi connectivity index (χ0v) is 18.7. The van der Waals surface area contributed by atoms with E-state index in [0.717, 1.165) is 23.1 Å². The minimum absolute atomic E-state index is 0.173. The lowest BCUT2D eigenvalue weighted by atomic mass is 10.1. The summed E-state index contributed by atoms with van der Waals surface area (Å²) in [5.41, 5.74) is 3.93. The second-order valence-electron chi connectivity index (χ2n) is 7.74. The number of anilines is 1. The molecule has 0 bridgehead atoms. The lowest BCUT2D eigenvalue weighted by Gasteiger charge is -2.14. The summed E-state index contributed by atoms with van der Waals surface area (Å²) in [6, 6.07) is 34.4. The van der Waals surface area contributed by atoms with Gasteiger partial charge in [-0.1, -0.05) is 91.0 Å². The summed E-state index contributed by atoms with van der Waals surface area (Å²) < 4.78 is 5.83. The number of rotatable bonds is 9. The van der Waals surface area contributed by atoms with Gasteiger partial charge in [-0.15, -0.1) is 0 Å². The van der Waals surface area contributed by atoms with Crippen molar-refractivity contribution in [3.8, 4) is 16.9 Å². The predicted molar refractivity (Wildman–Crippen MR) is 135 cm³/mol. The molecule has 0 heterocycles. The van der Waals surface area contributed by atoms with E-state index in [1.54, 1.807) is 24.3 Å². The third-order valence-electron chi connectivity index (χ3n) is 5.32. The Morgan fingerprint density at radius 1 is 0.706 bits per heavy atom. The number of ether oxygens (including phenoxy) is 1. The minimum Gasteiger partial charge on any atom is -0.483 e. The molecular weight excluding hydrogens is 424 g/mol. The van der Waals surface area contributed by atoms with Gasteiger partial charge in [0.15, 0.2) is 6.61 Å². The molecule has 0 aromatic heterocycles. The fraction of sp³-hybridized carbons (Fsp3) is 0.103. The molecule has 0 aliphatic rings. The molecular formula is C29H26N2O3. The van der Waals surface area contributed by atoms with Crippen molar-refractivity contribution in [2.75, 3.05) is 18.5 Å². The summed E-state index contributed by atoms with van der Waals surface area (Å²) >= 11 is 0. The molecule has 0 saturated heterocycles. The standard InChI is InChI=1S/C29H26N2O3/c32-28(21-34-27-18-10-8-15-24(27)23-13-5-2-6-14-23)31-26-17-9-7-16-25(26)29(33)30-20-19-22-11-3-1-4-12-22/h1-18H,19-21H2,(H,30,33)(H,31,32). The van der Waals surface area contributed by atoms with Crippen LogP contribution >= 0.6 is 0 Å². The van der Waals surface area contributed by atoms with Gasteiger partial charge in [-0.3, -0.25) is 9.59 Å². The number of carbonyl (C=O) groups excluding carboxylic acids is 2. The first-order chi connectivity index (χ1) is 16.7. The molecule has 5 heteroatoms. The SMILES string of the molecule is O=C(COc1ccccc1-c1ccccc1)Nc1ccccc1C(=O)NCCc1ccccc1. The highest BCUT2D eigenvalue weighted by Gasteiger charge is 2.14. The molecule has 0 aliphatic carbocycles. The number of para-hydroxylation sites is 2. The molecule has 5 nitrogen and oxygen atoms in total. The summed E-state index contributed by atoms with van der Waals surface area (Å²) in [6.45, 7) is 0.332. The van der Waals surface area contributed by atoms with Crippen molar-refractivity contribution in [1.82, 2.24) is 5.32 Å². The Labute approximate surface area is 199 Å². The van der Waals surface area contributed by atoms with E-state index in [-0.39, 0.29) is 18.4 Å². The molecule has 0 saturated carbocycles. The molecule has 4 aromatic carbocycles. The second kappa shape index (κ2) is 11.5. The molecule has 0 atom stereocenters. The lowest BCUT2D eigenvalue weighted by Crippen LogP contribution is -2.28. The topological polar surface area (TPSA) is 67.4 Å². The average Bonchev–Trinajstić information content (AvgIpc) is 2.89. The van der Waals surface area contributed by atoms with Crippen LogP contribution in [0.1, 0.15) is 15.9 Å². The molecule has 2 amide bonds. The lowest BCUT2D eigenvalue weighted by molar-refractivity contribution is -0.118. The summed E-state index contributed by atoms with van der Waals surface area (Å²) in [5, 5.41) is 5.73. The van der Waals surface area contributed by atoms with Gasteiger partial charge in [0, 0.05) is 12.1 Å². The van der Waals surface area contributed by atoms with Gasteiger partial charge < -0.3 is 15.4 Å². The molecule has 4 aromatic rings. The quantitative estimate of drug-likeness (QED) is 0.362. The molecule has 2 N–H and O–H groups in total. The first-order valence-corrected chi connectivity index (χ1v) is 11.2. The van der Waals surface area contributed by atoms with Gasteiger partial charge in [0.25, 0.3) is 11.8 Å². The largest absolute Gasteiger partial charge is 0.483 e. The highest BCUT2D eigenvalue weighted by molar-refractivity contribution is 6.04. The number of benzene rings is 4. The van der Waals surface area contributed by atoms with Gasteiger partial charge in [-0.05, 0) is 35.7 Å². The van der Waals surface area contributed by atoms with Crippen LogP contribution in [0.4, 0.5) is 5.69 Å². The predicted octanol–water partition coefficient (Wildman–Crippen LogP) is 5.34. The van der Waals surface area contributed by atoms with Crippen LogP contribution in [0, 0.1) is 0 Å². The van der Waals surface area contributed by atoms with E-state index in [4.69, 9.17) is 4.74 Å². The molecule has 0 unspecified atom stereocenters. The molecule has 34 heavy (non-hydrogen) atoms. The highest BCUT2D eigenvalue weighted by Crippen LogP contribution is 2.29. The molecule has 4 rings (SSSR count). The monoisotopic (exact) mass is 450 g/mol. The Kier molecular flexibility index (Phi) is 7.70. The summed E-state index contributed by atoms with van der Waals surface area (Å²) in [5.74, 6) is 0.0466. The van der Waals surface area contributed by atoms with Crippen molar-refractivity contribution in [3.63, 3.8) is 0 Å². The van der Waals surface area contributed by atoms with E-state index in [1.807, 2.05) is 84.9 Å². The van der Waals surface area contributed by atoms with Crippen molar-refractivity contribution in [1.29, 1.82) is 0 Å². The molecule has 0 spiro atoms. The van der Waals surface area contributed by atoms with Gasteiger partial charge in [-0.25, -0.2) is 0 Å². The van der Waals surface area contributed by atoms with Crippen LogP contribution in [0.3, 0.4) is 0 Å². The Bertz CT molecular complexity index is 1240. The van der Waals surface area contributed by atoms with E-state index in [0.29, 0.717) is 23.5 Å². The average molecular weight is 451 g/mol. The van der Waals surface area contributed by atoms with Gasteiger partial charge in [0.1, 0.15) is 5.75 Å². The van der Waals surface area contributed by atoms with Crippen LogP contribution in [0.2, 0.25) is 0 Å². The van der Waals surface area contributed by atoms with Crippen LogP contribution in [0.5, 0.6) is 5.75 Å². The summed E-state index contributed by atoms with van der Waals surface area (Å²) in [7, 11) is 0. The van der Waals surface area contributed by atoms with Gasteiger partial charge in [0.2, 0.25) is 0 Å². The molecule has 0 aliphatic heterocycles. The summed E-state index contributed by atoms with van der Waals surface area (Å²) in [4.78, 5) is 25.4. The minimum atomic E-state index is -0.340. The van der Waals surface area contributed by atoms with Crippen molar-refractivity contribution in [2.45, 2.75) is 6.42 Å². The maximum atomic E-state index is 12.7. The van der Waals surface area contributed by atoms with Crippen molar-refractivity contribution < 1.29 is 14.3 Å². The van der Waals surface area contributed by atoms with E-state index in [9.17, 15) is 9.59 Å². The third kappa shape index (κ3) is 6.11. The zero-order valence-electron chi connectivity index (χ0n) is 18.7. The van der Waals surface area contributed by atoms with Crippen LogP contribution in [-0.4, -0.2) is 25.0 Å². The van der Waals surface area contributed by atoms with E-state index < -0.39 is 0 Å². The van der Waals surface area contributed by atoms with Crippen molar-refractivity contribution in [2.24, 2.45) is 0 Å². The van der Waals surface area contributed by atoms with Gasteiger partial charge in [0.05, 0.1) is 11.3 Å². The van der Waals surface area contributed by atoms with E-state index >= 15 is 0 Å². The van der Waals surface area contributed by atoms with Gasteiger partial charge in [-0.2, -0.15) is 0 Å². The molecule has 0 fully saturated rings. The number of carbonyl (C=O) groups is 2. The second-order valence-corrected chi connectivity index (χ2v) is 7.74. The Balaban J connectivity index is 1.36. The fourth-order valence-electron chi connectivity index (χ4n) is 3.63. The van der Waals surface area contributed by atoms with E-state index in [1.165, 1.54) is 0 Å². The number of nitrogens with one attached hydrogen (secondary N) is 2. The summed E-state index contributed by atoms with van der Waals surface area (Å²) in [6.07, 6.45) is 0.732. The number of hydrogen-bond donors (Lipinski definition) is 2. The first-order valence-electron chi connectivity index (χ1n) is 11.2. The zero-order chi connectivity index (χ0) is 23.6. The fourth-order valence-corrected chi connectivity index (χ4v) is 3.63. The van der Waals surface area contributed by atoms with Crippen LogP contribution in [0.15, 0.2) is 109 Å². The smallest absolute Gasteiger partial charge is 0.262 e. The third-order valence-corrected chi connectivity index (χ3v) is 5.32. The van der Waals surface area contributed by atoms with Crippen LogP contribution in [0.25, 0.3) is 11.1 Å².